The quantitative estimate of drug-likeness (QED) is 0.518. The van der Waals surface area contributed by atoms with Gasteiger partial charge in [0.25, 0.3) is 5.91 Å². The van der Waals surface area contributed by atoms with Crippen molar-refractivity contribution < 1.29 is 23.9 Å². The van der Waals surface area contributed by atoms with Gasteiger partial charge < -0.3 is 20.3 Å². The lowest BCUT2D eigenvalue weighted by Crippen LogP contribution is -2.42. The molecule has 0 fully saturated rings. The lowest BCUT2D eigenvalue weighted by Gasteiger charge is -2.20. The minimum atomic E-state index is -0.687. The van der Waals surface area contributed by atoms with E-state index in [0.29, 0.717) is 23.7 Å². The molecule has 0 atom stereocenters. The molecule has 3 amide bonds. The zero-order valence-corrected chi connectivity index (χ0v) is 21.5. The van der Waals surface area contributed by atoms with Crippen molar-refractivity contribution in [2.45, 2.75) is 48.1 Å². The van der Waals surface area contributed by atoms with Gasteiger partial charge in [-0.15, -0.1) is 22.7 Å². The Morgan fingerprint density at radius 1 is 1.15 bits per heavy atom. The number of hydrogen-bond donors (Lipinski definition) is 2. The van der Waals surface area contributed by atoms with Gasteiger partial charge in [-0.3, -0.25) is 14.4 Å². The number of hydrogen-bond acceptors (Lipinski definition) is 7. The van der Waals surface area contributed by atoms with Gasteiger partial charge >= 0.3 is 5.97 Å². The van der Waals surface area contributed by atoms with Crippen LogP contribution >= 0.6 is 22.7 Å². The van der Waals surface area contributed by atoms with Crippen LogP contribution < -0.4 is 10.6 Å². The highest BCUT2D eigenvalue weighted by atomic mass is 32.1. The highest BCUT2D eigenvalue weighted by Crippen LogP contribution is 2.34. The van der Waals surface area contributed by atoms with Crippen molar-refractivity contribution in [3.8, 4) is 0 Å². The van der Waals surface area contributed by atoms with E-state index in [-0.39, 0.29) is 23.9 Å². The van der Waals surface area contributed by atoms with Crippen LogP contribution in [0.2, 0.25) is 0 Å². The Balaban J connectivity index is 1.97. The first-order valence-corrected chi connectivity index (χ1v) is 12.3. The van der Waals surface area contributed by atoms with E-state index in [4.69, 9.17) is 4.74 Å². The number of carbonyl (C=O) groups excluding carboxylic acids is 4. The second-order valence-corrected chi connectivity index (χ2v) is 10.8. The summed E-state index contributed by atoms with van der Waals surface area (Å²) in [5.74, 6) is -1.67. The number of anilines is 1. The van der Waals surface area contributed by atoms with E-state index >= 15 is 0 Å². The molecule has 0 aliphatic carbocycles. The minimum absolute atomic E-state index is 0.123. The Kier molecular flexibility index (Phi) is 9.18. The molecule has 0 aliphatic heterocycles. The maximum Gasteiger partial charge on any atom is 0.341 e. The summed E-state index contributed by atoms with van der Waals surface area (Å²) in [6.45, 7) is 10.8. The third-order valence-electron chi connectivity index (χ3n) is 4.93. The van der Waals surface area contributed by atoms with Gasteiger partial charge in [0.1, 0.15) is 5.00 Å². The molecule has 2 aromatic rings. The molecule has 2 N–H and O–H groups in total. The van der Waals surface area contributed by atoms with Gasteiger partial charge in [0, 0.05) is 21.7 Å². The van der Waals surface area contributed by atoms with E-state index in [1.54, 1.807) is 34.6 Å². The third kappa shape index (κ3) is 7.40. The van der Waals surface area contributed by atoms with Crippen LogP contribution in [0.1, 0.15) is 53.4 Å². The third-order valence-corrected chi connectivity index (χ3v) is 6.93. The first kappa shape index (κ1) is 26.5. The van der Waals surface area contributed by atoms with Crippen LogP contribution in [0, 0.1) is 19.3 Å². The topological polar surface area (TPSA) is 105 Å². The van der Waals surface area contributed by atoms with Gasteiger partial charge in [-0.25, -0.2) is 4.79 Å². The van der Waals surface area contributed by atoms with Crippen molar-refractivity contribution >= 4 is 51.4 Å². The number of rotatable bonds is 9. The lowest BCUT2D eigenvalue weighted by atomic mass is 9.96. The molecular formula is C23H31N3O5S2. The van der Waals surface area contributed by atoms with E-state index in [2.05, 4.69) is 10.6 Å². The zero-order valence-electron chi connectivity index (χ0n) is 19.9. The Bertz CT molecular complexity index is 1010. The summed E-state index contributed by atoms with van der Waals surface area (Å²) in [5, 5.41) is 7.90. The average Bonchev–Trinajstić information content (AvgIpc) is 3.36. The van der Waals surface area contributed by atoms with Gasteiger partial charge in [-0.2, -0.15) is 0 Å². The molecule has 180 valence electrons. The van der Waals surface area contributed by atoms with Crippen molar-refractivity contribution in [1.29, 1.82) is 0 Å². The molecule has 2 rings (SSSR count). The van der Waals surface area contributed by atoms with Crippen LogP contribution in [-0.4, -0.2) is 48.3 Å². The van der Waals surface area contributed by atoms with E-state index < -0.39 is 23.9 Å². The summed E-state index contributed by atoms with van der Waals surface area (Å²) in [7, 11) is 0. The molecular weight excluding hydrogens is 462 g/mol. The van der Waals surface area contributed by atoms with Crippen LogP contribution in [0.4, 0.5) is 5.00 Å². The first-order chi connectivity index (χ1) is 15.4. The number of nitrogens with one attached hydrogen (secondary N) is 2. The molecule has 10 heteroatoms. The fourth-order valence-electron chi connectivity index (χ4n) is 2.75. The number of nitrogens with zero attached hydrogens (tertiary/aromatic N) is 1. The largest absolute Gasteiger partial charge is 0.452 e. The summed E-state index contributed by atoms with van der Waals surface area (Å²) < 4.78 is 5.27. The number of thiophene rings is 2. The van der Waals surface area contributed by atoms with Crippen LogP contribution in [-0.2, 0) is 25.7 Å². The van der Waals surface area contributed by atoms with Crippen LogP contribution in [0.5, 0.6) is 0 Å². The number of ether oxygens (including phenoxy) is 1. The predicted molar refractivity (Wildman–Crippen MR) is 131 cm³/mol. The van der Waals surface area contributed by atoms with Crippen molar-refractivity contribution in [3.05, 3.63) is 38.4 Å². The number of aryl methyl sites for hydroxylation is 1. The molecule has 0 aliphatic rings. The fourth-order valence-corrected chi connectivity index (χ4v) is 4.43. The number of carbonyl (C=O) groups is 4. The van der Waals surface area contributed by atoms with Gasteiger partial charge in [-0.05, 0) is 37.8 Å². The molecule has 0 saturated carbocycles. The highest BCUT2D eigenvalue weighted by molar-refractivity contribution is 7.16. The van der Waals surface area contributed by atoms with Crippen molar-refractivity contribution in [1.82, 2.24) is 10.2 Å². The van der Waals surface area contributed by atoms with Crippen LogP contribution in [0.3, 0.4) is 0 Å². The first-order valence-electron chi connectivity index (χ1n) is 10.6. The molecule has 33 heavy (non-hydrogen) atoms. The summed E-state index contributed by atoms with van der Waals surface area (Å²) in [4.78, 5) is 53.2. The Morgan fingerprint density at radius 3 is 2.42 bits per heavy atom. The monoisotopic (exact) mass is 493 g/mol. The standard InChI is InChI=1S/C23H31N3O5S2/c1-7-26(12-17(27)24-11-16-9-8-10-32-16)18(28)13-31-21(29)19-14(2)15(3)33-20(19)25-22(30)23(4,5)6/h8-10H,7,11-13H2,1-6H3,(H,24,27)(H,25,30). The number of likely N-dealkylation sites (N-methyl/N-ethyl adjacent to an activating group) is 1. The maximum absolute atomic E-state index is 12.8. The van der Waals surface area contributed by atoms with E-state index in [1.165, 1.54) is 27.6 Å². The Hall–Kier alpha value is -2.72. The van der Waals surface area contributed by atoms with E-state index in [1.807, 2.05) is 24.4 Å². The lowest BCUT2D eigenvalue weighted by molar-refractivity contribution is -0.138. The van der Waals surface area contributed by atoms with Crippen molar-refractivity contribution in [3.63, 3.8) is 0 Å². The molecule has 0 bridgehead atoms. The van der Waals surface area contributed by atoms with Gasteiger partial charge in [-0.1, -0.05) is 26.8 Å². The van der Waals surface area contributed by atoms with Crippen molar-refractivity contribution in [2.24, 2.45) is 5.41 Å². The molecule has 0 unspecified atom stereocenters. The van der Waals surface area contributed by atoms with Gasteiger partial charge in [0.15, 0.2) is 6.61 Å². The Labute approximate surface area is 202 Å². The van der Waals surface area contributed by atoms with Gasteiger partial charge in [0.2, 0.25) is 11.8 Å². The van der Waals surface area contributed by atoms with Gasteiger partial charge in [0.05, 0.1) is 18.7 Å². The molecule has 2 aromatic heterocycles. The summed E-state index contributed by atoms with van der Waals surface area (Å²) in [5.41, 5.74) is 0.316. The van der Waals surface area contributed by atoms with E-state index in [0.717, 1.165) is 9.75 Å². The SMILES string of the molecule is CCN(CC(=O)NCc1cccs1)C(=O)COC(=O)c1c(NC(=O)C(C)(C)C)sc(C)c1C. The molecule has 0 saturated heterocycles. The predicted octanol–water partition coefficient (Wildman–Crippen LogP) is 3.73. The fraction of sp³-hybridized carbons (Fsp3) is 0.478. The summed E-state index contributed by atoms with van der Waals surface area (Å²) in [6.07, 6.45) is 0. The molecule has 2 heterocycles. The molecule has 0 aromatic carbocycles. The smallest absolute Gasteiger partial charge is 0.341 e. The zero-order chi connectivity index (χ0) is 24.8. The number of esters is 1. The second kappa shape index (κ2) is 11.4. The van der Waals surface area contributed by atoms with E-state index in [9.17, 15) is 19.2 Å². The summed E-state index contributed by atoms with van der Waals surface area (Å²) in [6, 6.07) is 3.82. The number of amides is 3. The molecule has 8 nitrogen and oxygen atoms in total. The second-order valence-electron chi connectivity index (χ2n) is 8.53. The van der Waals surface area contributed by atoms with Crippen molar-refractivity contribution in [2.75, 3.05) is 25.0 Å². The van der Waals surface area contributed by atoms with Crippen LogP contribution in [0.15, 0.2) is 17.5 Å². The minimum Gasteiger partial charge on any atom is -0.452 e. The van der Waals surface area contributed by atoms with Crippen LogP contribution in [0.25, 0.3) is 0 Å². The average molecular weight is 494 g/mol. The maximum atomic E-state index is 12.8. The molecule has 0 radical (unpaired) electrons. The normalized spacial score (nSPS) is 11.1. The summed E-state index contributed by atoms with van der Waals surface area (Å²) >= 11 is 2.83. The molecule has 0 spiro atoms. The Morgan fingerprint density at radius 2 is 1.85 bits per heavy atom. The highest BCUT2D eigenvalue weighted by Gasteiger charge is 2.27.